The molecule has 1 heterocycles. The number of rotatable bonds is 5. The van der Waals surface area contributed by atoms with E-state index in [0.29, 0.717) is 24.5 Å². The molecule has 2 N–H and O–H groups in total. The van der Waals surface area contributed by atoms with Gasteiger partial charge in [-0.15, -0.1) is 0 Å². The monoisotopic (exact) mass is 255 g/mol. The molecule has 0 bridgehead atoms. The van der Waals surface area contributed by atoms with Crippen molar-refractivity contribution >= 4 is 23.1 Å². The van der Waals surface area contributed by atoms with Crippen LogP contribution in [0.3, 0.4) is 0 Å². The number of halogens is 1. The zero-order chi connectivity index (χ0) is 12.8. The molecule has 0 saturated heterocycles. The van der Waals surface area contributed by atoms with Crippen molar-refractivity contribution in [1.82, 2.24) is 9.88 Å². The van der Waals surface area contributed by atoms with E-state index in [1.165, 1.54) is 17.2 Å². The van der Waals surface area contributed by atoms with Crippen LogP contribution < -0.4 is 5.73 Å². The fraction of sp³-hybridized carbons (Fsp3) is 0.364. The summed E-state index contributed by atoms with van der Waals surface area (Å²) >= 11 is 4.75. The minimum absolute atomic E-state index is 0.0183. The Morgan fingerprint density at radius 1 is 1.65 bits per heavy atom. The molecule has 0 fully saturated rings. The van der Waals surface area contributed by atoms with Gasteiger partial charge in [-0.05, 0) is 13.0 Å². The Morgan fingerprint density at radius 2 is 2.35 bits per heavy atom. The zero-order valence-electron chi connectivity index (χ0n) is 9.52. The number of amides is 1. The lowest BCUT2D eigenvalue weighted by molar-refractivity contribution is 0.0764. The highest BCUT2D eigenvalue weighted by molar-refractivity contribution is 7.80. The lowest BCUT2D eigenvalue weighted by Crippen LogP contribution is -2.34. The lowest BCUT2D eigenvalue weighted by Gasteiger charge is -2.20. The maximum absolute atomic E-state index is 13.4. The van der Waals surface area contributed by atoms with Crippen LogP contribution in [0.15, 0.2) is 18.5 Å². The van der Waals surface area contributed by atoms with Gasteiger partial charge in [-0.2, -0.15) is 0 Å². The summed E-state index contributed by atoms with van der Waals surface area (Å²) in [6.45, 7) is 2.69. The van der Waals surface area contributed by atoms with Crippen LogP contribution in [0.2, 0.25) is 0 Å². The average molecular weight is 255 g/mol. The van der Waals surface area contributed by atoms with Crippen LogP contribution in [0.25, 0.3) is 0 Å². The molecule has 17 heavy (non-hydrogen) atoms. The van der Waals surface area contributed by atoms with Crippen molar-refractivity contribution in [3.8, 4) is 0 Å². The Balaban J connectivity index is 2.79. The Hall–Kier alpha value is -1.56. The number of pyridine rings is 1. The van der Waals surface area contributed by atoms with Crippen LogP contribution in [0, 0.1) is 5.82 Å². The van der Waals surface area contributed by atoms with Gasteiger partial charge in [-0.3, -0.25) is 9.78 Å². The summed E-state index contributed by atoms with van der Waals surface area (Å²) in [5.41, 5.74) is 5.39. The van der Waals surface area contributed by atoms with Gasteiger partial charge in [0, 0.05) is 25.7 Å². The van der Waals surface area contributed by atoms with Gasteiger partial charge in [0.25, 0.3) is 5.91 Å². The van der Waals surface area contributed by atoms with Crippen LogP contribution in [-0.2, 0) is 0 Å². The minimum atomic E-state index is -0.619. The molecule has 0 radical (unpaired) electrons. The highest BCUT2D eigenvalue weighted by atomic mass is 32.1. The Morgan fingerprint density at radius 3 is 2.88 bits per heavy atom. The highest BCUT2D eigenvalue weighted by Crippen LogP contribution is 2.09. The van der Waals surface area contributed by atoms with E-state index in [-0.39, 0.29) is 11.5 Å². The second-order valence-corrected chi connectivity index (χ2v) is 3.98. The SMILES string of the molecule is CCN(CCC(N)=S)C(=O)c1ccncc1F. The van der Waals surface area contributed by atoms with E-state index < -0.39 is 5.82 Å². The number of aromatic nitrogens is 1. The summed E-state index contributed by atoms with van der Waals surface area (Å²) in [4.78, 5) is 17.4. The first-order chi connectivity index (χ1) is 8.06. The van der Waals surface area contributed by atoms with Crippen molar-refractivity contribution in [3.63, 3.8) is 0 Å². The third-order valence-corrected chi connectivity index (χ3v) is 2.50. The molecule has 0 spiro atoms. The second-order valence-electron chi connectivity index (χ2n) is 3.46. The van der Waals surface area contributed by atoms with Crippen molar-refractivity contribution in [2.24, 2.45) is 5.73 Å². The lowest BCUT2D eigenvalue weighted by atomic mass is 10.2. The zero-order valence-corrected chi connectivity index (χ0v) is 10.3. The number of hydrogen-bond donors (Lipinski definition) is 1. The second kappa shape index (κ2) is 6.24. The third kappa shape index (κ3) is 3.74. The summed E-state index contributed by atoms with van der Waals surface area (Å²) < 4.78 is 13.4. The molecule has 4 nitrogen and oxygen atoms in total. The van der Waals surface area contributed by atoms with E-state index in [1.807, 2.05) is 6.92 Å². The normalized spacial score (nSPS) is 10.0. The molecule has 0 aromatic carbocycles. The van der Waals surface area contributed by atoms with Crippen LogP contribution in [-0.4, -0.2) is 33.9 Å². The first-order valence-corrected chi connectivity index (χ1v) is 5.64. The van der Waals surface area contributed by atoms with Gasteiger partial charge < -0.3 is 10.6 Å². The van der Waals surface area contributed by atoms with Crippen molar-refractivity contribution < 1.29 is 9.18 Å². The molecular weight excluding hydrogens is 241 g/mol. The van der Waals surface area contributed by atoms with Crippen LogP contribution >= 0.6 is 12.2 Å². The molecule has 0 aliphatic heterocycles. The van der Waals surface area contributed by atoms with E-state index in [0.717, 1.165) is 6.20 Å². The molecular formula is C11H14FN3OS. The number of hydrogen-bond acceptors (Lipinski definition) is 3. The average Bonchev–Trinajstić information content (AvgIpc) is 2.29. The van der Waals surface area contributed by atoms with Crippen molar-refractivity contribution in [2.45, 2.75) is 13.3 Å². The van der Waals surface area contributed by atoms with Gasteiger partial charge in [-0.25, -0.2) is 4.39 Å². The van der Waals surface area contributed by atoms with E-state index >= 15 is 0 Å². The predicted molar refractivity (Wildman–Crippen MR) is 67.2 cm³/mol. The van der Waals surface area contributed by atoms with Gasteiger partial charge in [-0.1, -0.05) is 12.2 Å². The number of carbonyl (C=O) groups excluding carboxylic acids is 1. The Kier molecular flexibility index (Phi) is 4.96. The van der Waals surface area contributed by atoms with Crippen molar-refractivity contribution in [1.29, 1.82) is 0 Å². The fourth-order valence-corrected chi connectivity index (χ4v) is 1.46. The molecule has 0 saturated carbocycles. The predicted octanol–water partition coefficient (Wildman–Crippen LogP) is 1.36. The largest absolute Gasteiger partial charge is 0.393 e. The Bertz CT molecular complexity index is 425. The fourth-order valence-electron chi connectivity index (χ4n) is 1.37. The Labute approximate surface area is 105 Å². The first-order valence-electron chi connectivity index (χ1n) is 5.23. The summed E-state index contributed by atoms with van der Waals surface area (Å²) in [5, 5.41) is 0. The van der Waals surface area contributed by atoms with Crippen LogP contribution in [0.1, 0.15) is 23.7 Å². The molecule has 0 atom stereocenters. The number of thiocarbonyl (C=S) groups is 1. The summed E-state index contributed by atoms with van der Waals surface area (Å²) in [5.74, 6) is -0.991. The maximum atomic E-state index is 13.4. The molecule has 6 heteroatoms. The van der Waals surface area contributed by atoms with Crippen LogP contribution in [0.5, 0.6) is 0 Å². The van der Waals surface area contributed by atoms with Gasteiger partial charge in [0.05, 0.1) is 16.7 Å². The van der Waals surface area contributed by atoms with Gasteiger partial charge in [0.2, 0.25) is 0 Å². The molecule has 92 valence electrons. The number of nitrogens with zero attached hydrogens (tertiary/aromatic N) is 2. The quantitative estimate of drug-likeness (QED) is 0.807. The minimum Gasteiger partial charge on any atom is -0.393 e. The first kappa shape index (κ1) is 13.5. The number of carbonyl (C=O) groups is 1. The van der Waals surface area contributed by atoms with E-state index in [2.05, 4.69) is 4.98 Å². The van der Waals surface area contributed by atoms with E-state index in [9.17, 15) is 9.18 Å². The van der Waals surface area contributed by atoms with E-state index in [4.69, 9.17) is 18.0 Å². The van der Waals surface area contributed by atoms with Crippen LogP contribution in [0.4, 0.5) is 4.39 Å². The standard InChI is InChI=1S/C11H14FN3OS/c1-2-15(6-4-10(13)17)11(16)8-3-5-14-7-9(8)12/h3,5,7H,2,4,6H2,1H3,(H2,13,17). The van der Waals surface area contributed by atoms with Gasteiger partial charge in [0.1, 0.15) is 0 Å². The molecule has 1 aromatic rings. The summed E-state index contributed by atoms with van der Waals surface area (Å²) in [7, 11) is 0. The summed E-state index contributed by atoms with van der Waals surface area (Å²) in [6.07, 6.45) is 2.84. The van der Waals surface area contributed by atoms with Crippen molar-refractivity contribution in [3.05, 3.63) is 29.8 Å². The molecule has 0 aliphatic carbocycles. The maximum Gasteiger partial charge on any atom is 0.256 e. The smallest absolute Gasteiger partial charge is 0.256 e. The van der Waals surface area contributed by atoms with Gasteiger partial charge in [0.15, 0.2) is 5.82 Å². The molecule has 0 unspecified atom stereocenters. The summed E-state index contributed by atoms with van der Waals surface area (Å²) in [6, 6.07) is 1.36. The molecule has 0 aliphatic rings. The topological polar surface area (TPSA) is 59.2 Å². The number of nitrogens with two attached hydrogens (primary N) is 1. The molecule has 1 rings (SSSR count). The van der Waals surface area contributed by atoms with Crippen molar-refractivity contribution in [2.75, 3.05) is 13.1 Å². The molecule has 1 aromatic heterocycles. The van der Waals surface area contributed by atoms with E-state index in [1.54, 1.807) is 0 Å². The van der Waals surface area contributed by atoms with Gasteiger partial charge >= 0.3 is 0 Å². The molecule has 1 amide bonds. The highest BCUT2D eigenvalue weighted by Gasteiger charge is 2.17. The third-order valence-electron chi connectivity index (χ3n) is 2.30.